The first kappa shape index (κ1) is 16.8. The summed E-state index contributed by atoms with van der Waals surface area (Å²) in [7, 11) is -7.91. The zero-order chi connectivity index (χ0) is 15.4. The van der Waals surface area contributed by atoms with Crippen molar-refractivity contribution in [3.8, 4) is 0 Å². The van der Waals surface area contributed by atoms with Gasteiger partial charge in [-0.1, -0.05) is 12.1 Å². The van der Waals surface area contributed by atoms with Gasteiger partial charge in [-0.2, -0.15) is 4.31 Å². The number of benzene rings is 1. The van der Waals surface area contributed by atoms with E-state index in [1.807, 2.05) is 0 Å². The summed E-state index contributed by atoms with van der Waals surface area (Å²) in [5.74, 6) is 0. The lowest BCUT2D eigenvalue weighted by atomic mass is 10.4. The van der Waals surface area contributed by atoms with Crippen LogP contribution in [0.5, 0.6) is 0 Å². The molecule has 0 saturated heterocycles. The van der Waals surface area contributed by atoms with Crippen molar-refractivity contribution in [3.63, 3.8) is 0 Å². The molecule has 0 saturated carbocycles. The number of aliphatic hydroxyl groups is 1. The zero-order valence-corrected chi connectivity index (χ0v) is 12.3. The highest BCUT2D eigenvalue weighted by Gasteiger charge is 2.24. The van der Waals surface area contributed by atoms with Crippen LogP contribution in [0.25, 0.3) is 0 Å². The van der Waals surface area contributed by atoms with Gasteiger partial charge in [-0.05, 0) is 18.2 Å². The third kappa shape index (κ3) is 3.87. The molecule has 0 bridgehead atoms. The minimum Gasteiger partial charge on any atom is -0.395 e. The van der Waals surface area contributed by atoms with Crippen LogP contribution in [0.1, 0.15) is 0 Å². The number of primary sulfonamides is 1. The lowest BCUT2D eigenvalue weighted by Gasteiger charge is -2.19. The second-order valence-electron chi connectivity index (χ2n) is 3.90. The van der Waals surface area contributed by atoms with Gasteiger partial charge in [-0.3, -0.25) is 0 Å². The van der Waals surface area contributed by atoms with Gasteiger partial charge < -0.3 is 5.11 Å². The maximum absolute atomic E-state index is 12.3. The fourth-order valence-corrected chi connectivity index (χ4v) is 3.61. The predicted molar refractivity (Wildman–Crippen MR) is 73.9 cm³/mol. The van der Waals surface area contributed by atoms with Crippen LogP contribution in [0, 0.1) is 0 Å². The smallest absolute Gasteiger partial charge is 0.243 e. The van der Waals surface area contributed by atoms with Crippen LogP contribution < -0.4 is 5.14 Å². The Morgan fingerprint density at radius 2 is 1.85 bits per heavy atom. The second kappa shape index (κ2) is 6.46. The van der Waals surface area contributed by atoms with Gasteiger partial charge >= 0.3 is 0 Å². The van der Waals surface area contributed by atoms with Crippen LogP contribution in [-0.2, 0) is 20.0 Å². The number of sulfonamides is 2. The van der Waals surface area contributed by atoms with E-state index in [1.165, 1.54) is 24.3 Å². The molecule has 0 heterocycles. The van der Waals surface area contributed by atoms with E-state index >= 15 is 0 Å². The molecule has 0 aliphatic heterocycles. The first-order chi connectivity index (χ1) is 9.23. The van der Waals surface area contributed by atoms with Gasteiger partial charge in [0.15, 0.2) is 0 Å². The van der Waals surface area contributed by atoms with Crippen LogP contribution in [0.2, 0.25) is 0 Å². The average Bonchev–Trinajstić information content (AvgIpc) is 2.37. The van der Waals surface area contributed by atoms with Gasteiger partial charge in [-0.25, -0.2) is 22.0 Å². The van der Waals surface area contributed by atoms with Crippen LogP contribution in [0.3, 0.4) is 0 Å². The molecular formula is C11H16N2O5S2. The van der Waals surface area contributed by atoms with Crippen LogP contribution in [0.15, 0.2) is 46.7 Å². The molecule has 0 radical (unpaired) electrons. The number of aliphatic hydroxyl groups excluding tert-OH is 1. The summed E-state index contributed by atoms with van der Waals surface area (Å²) in [6.45, 7) is 2.97. The summed E-state index contributed by atoms with van der Waals surface area (Å²) >= 11 is 0. The van der Waals surface area contributed by atoms with Crippen molar-refractivity contribution in [1.82, 2.24) is 4.31 Å². The average molecular weight is 320 g/mol. The van der Waals surface area contributed by atoms with E-state index in [1.54, 1.807) is 0 Å². The van der Waals surface area contributed by atoms with Gasteiger partial charge in [0.25, 0.3) is 0 Å². The Labute approximate surface area is 118 Å². The van der Waals surface area contributed by atoms with Crippen molar-refractivity contribution < 1.29 is 21.9 Å². The van der Waals surface area contributed by atoms with E-state index in [2.05, 4.69) is 6.58 Å². The van der Waals surface area contributed by atoms with Crippen LogP contribution in [-0.4, -0.2) is 45.9 Å². The molecule has 3 N–H and O–H groups in total. The fraction of sp³-hybridized carbons (Fsp3) is 0.273. The van der Waals surface area contributed by atoms with E-state index in [0.29, 0.717) is 0 Å². The summed E-state index contributed by atoms with van der Waals surface area (Å²) in [5, 5.41) is 13.9. The molecular weight excluding hydrogens is 304 g/mol. The second-order valence-corrected chi connectivity index (χ2v) is 7.39. The number of rotatable bonds is 7. The Morgan fingerprint density at radius 3 is 2.35 bits per heavy atom. The van der Waals surface area contributed by atoms with Crippen molar-refractivity contribution in [2.45, 2.75) is 9.79 Å². The summed E-state index contributed by atoms with van der Waals surface area (Å²) in [4.78, 5) is -0.500. The summed E-state index contributed by atoms with van der Waals surface area (Å²) in [5.41, 5.74) is 0. The minimum atomic E-state index is -3.99. The standard InChI is InChI=1S/C11H16N2O5S2/c1-2-6-13(7-8-14)20(17,18)11-5-3-4-10(9-11)19(12,15)16/h2-5,9,14H,1,6-8H2,(H2,12,15,16). The molecule has 112 valence electrons. The quantitative estimate of drug-likeness (QED) is 0.657. The van der Waals surface area contributed by atoms with Gasteiger partial charge in [-0.15, -0.1) is 6.58 Å². The lowest BCUT2D eigenvalue weighted by Crippen LogP contribution is -2.33. The fourth-order valence-electron chi connectivity index (χ4n) is 1.53. The molecule has 9 heteroatoms. The molecule has 0 aromatic heterocycles. The Balaban J connectivity index is 3.30. The predicted octanol–water partition coefficient (Wildman–Crippen LogP) is -0.497. The summed E-state index contributed by atoms with van der Waals surface area (Å²) in [6.07, 6.45) is 1.37. The molecule has 0 unspecified atom stereocenters. The van der Waals surface area contributed by atoms with E-state index in [9.17, 15) is 16.8 Å². The summed E-state index contributed by atoms with van der Waals surface area (Å²) < 4.78 is 48.1. The number of hydrogen-bond acceptors (Lipinski definition) is 5. The minimum absolute atomic E-state index is 0.00248. The normalized spacial score (nSPS) is 12.6. The zero-order valence-electron chi connectivity index (χ0n) is 10.6. The molecule has 0 aliphatic rings. The third-order valence-electron chi connectivity index (χ3n) is 2.45. The molecule has 0 amide bonds. The molecule has 1 aromatic carbocycles. The van der Waals surface area contributed by atoms with E-state index in [4.69, 9.17) is 10.2 Å². The highest BCUT2D eigenvalue weighted by Crippen LogP contribution is 2.18. The van der Waals surface area contributed by atoms with Crippen molar-refractivity contribution in [2.75, 3.05) is 19.7 Å². The van der Waals surface area contributed by atoms with Crippen molar-refractivity contribution in [3.05, 3.63) is 36.9 Å². The first-order valence-corrected chi connectivity index (χ1v) is 8.57. The number of nitrogens with zero attached hydrogens (tertiary/aromatic N) is 1. The number of hydrogen-bond donors (Lipinski definition) is 2. The molecule has 0 atom stereocenters. The van der Waals surface area contributed by atoms with Gasteiger partial charge in [0.2, 0.25) is 20.0 Å². The number of nitrogens with two attached hydrogens (primary N) is 1. The van der Waals surface area contributed by atoms with Crippen LogP contribution in [0.4, 0.5) is 0 Å². The highest BCUT2D eigenvalue weighted by atomic mass is 32.2. The van der Waals surface area contributed by atoms with Gasteiger partial charge in [0.1, 0.15) is 0 Å². The largest absolute Gasteiger partial charge is 0.395 e. The Bertz CT molecular complexity index is 683. The van der Waals surface area contributed by atoms with Gasteiger partial charge in [0, 0.05) is 13.1 Å². The van der Waals surface area contributed by atoms with Crippen LogP contribution >= 0.6 is 0 Å². The molecule has 7 nitrogen and oxygen atoms in total. The van der Waals surface area contributed by atoms with Crippen molar-refractivity contribution in [2.24, 2.45) is 5.14 Å². The molecule has 0 aliphatic carbocycles. The Kier molecular flexibility index (Phi) is 5.42. The molecule has 20 heavy (non-hydrogen) atoms. The maximum Gasteiger partial charge on any atom is 0.243 e. The molecule has 1 aromatic rings. The molecule has 0 fully saturated rings. The SMILES string of the molecule is C=CCN(CCO)S(=O)(=O)c1cccc(S(N)(=O)=O)c1. The third-order valence-corrected chi connectivity index (χ3v) is 5.23. The lowest BCUT2D eigenvalue weighted by molar-refractivity contribution is 0.260. The van der Waals surface area contributed by atoms with E-state index < -0.39 is 20.0 Å². The van der Waals surface area contributed by atoms with Crippen molar-refractivity contribution >= 4 is 20.0 Å². The Morgan fingerprint density at radius 1 is 1.25 bits per heavy atom. The van der Waals surface area contributed by atoms with Gasteiger partial charge in [0.05, 0.1) is 16.4 Å². The molecule has 1 rings (SSSR count). The van der Waals surface area contributed by atoms with Crippen molar-refractivity contribution in [1.29, 1.82) is 0 Å². The van der Waals surface area contributed by atoms with E-state index in [-0.39, 0.29) is 29.5 Å². The molecule has 0 spiro atoms. The topological polar surface area (TPSA) is 118 Å². The van der Waals surface area contributed by atoms with E-state index in [0.717, 1.165) is 10.4 Å². The summed E-state index contributed by atoms with van der Waals surface area (Å²) in [6, 6.07) is 4.74. The highest BCUT2D eigenvalue weighted by molar-refractivity contribution is 7.90. The Hall–Kier alpha value is -1.26. The monoisotopic (exact) mass is 320 g/mol. The first-order valence-electron chi connectivity index (χ1n) is 5.58. The maximum atomic E-state index is 12.3.